The largest absolute Gasteiger partial charge is 0.385 e. The van der Waals surface area contributed by atoms with Gasteiger partial charge >= 0.3 is 0 Å². The molecule has 3 rings (SSSR count). The van der Waals surface area contributed by atoms with Crippen LogP contribution in [0.5, 0.6) is 0 Å². The molecule has 1 aliphatic rings. The van der Waals surface area contributed by atoms with Gasteiger partial charge in [-0.25, -0.2) is 4.21 Å². The van der Waals surface area contributed by atoms with Crippen LogP contribution in [0.3, 0.4) is 0 Å². The third-order valence-corrected chi connectivity index (χ3v) is 5.53. The van der Waals surface area contributed by atoms with Gasteiger partial charge in [-0.15, -0.1) is 0 Å². The Morgan fingerprint density at radius 2 is 1.30 bits per heavy atom. The molecule has 0 saturated heterocycles. The monoisotopic (exact) mass is 329 g/mol. The average molecular weight is 329 g/mol. The first-order valence-electron chi connectivity index (χ1n) is 8.01. The second-order valence-electron chi connectivity index (χ2n) is 5.78. The fraction of sp³-hybridized carbons (Fsp3) is 0.333. The van der Waals surface area contributed by atoms with Crippen molar-refractivity contribution in [2.24, 2.45) is 0 Å². The number of aryl methyl sites for hydroxylation is 2. The third-order valence-electron chi connectivity index (χ3n) is 4.06. The fourth-order valence-electron chi connectivity index (χ4n) is 2.90. The van der Waals surface area contributed by atoms with Crippen molar-refractivity contribution in [3.63, 3.8) is 0 Å². The molecule has 0 bridgehead atoms. The van der Waals surface area contributed by atoms with Crippen molar-refractivity contribution in [1.82, 2.24) is 0 Å². The van der Waals surface area contributed by atoms with Gasteiger partial charge < -0.3 is 16.0 Å². The quantitative estimate of drug-likeness (QED) is 0.664. The predicted octanol–water partition coefficient (Wildman–Crippen LogP) is 4.39. The van der Waals surface area contributed by atoms with Gasteiger partial charge in [-0.2, -0.15) is 0 Å². The van der Waals surface area contributed by atoms with Crippen molar-refractivity contribution in [1.29, 1.82) is 0 Å². The zero-order valence-electron chi connectivity index (χ0n) is 14.0. The van der Waals surface area contributed by atoms with E-state index in [1.165, 1.54) is 0 Å². The Labute approximate surface area is 140 Å². The summed E-state index contributed by atoms with van der Waals surface area (Å²) in [5.74, 6) is 0. The highest BCUT2D eigenvalue weighted by Crippen LogP contribution is 2.41. The van der Waals surface area contributed by atoms with Crippen LogP contribution in [0.2, 0.25) is 0 Å². The maximum absolute atomic E-state index is 13.1. The molecule has 23 heavy (non-hydrogen) atoms. The molecular weight excluding hydrogens is 306 g/mol. The van der Waals surface area contributed by atoms with E-state index >= 15 is 0 Å². The topological polar surface area (TPSA) is 53.2 Å². The van der Waals surface area contributed by atoms with Crippen LogP contribution < -0.4 is 16.0 Å². The lowest BCUT2D eigenvalue weighted by Gasteiger charge is -2.24. The van der Waals surface area contributed by atoms with E-state index < -0.39 is 10.8 Å². The van der Waals surface area contributed by atoms with Crippen LogP contribution in [0, 0.1) is 13.8 Å². The summed E-state index contributed by atoms with van der Waals surface area (Å²) in [7, 11) is -1.18. The van der Waals surface area contributed by atoms with Gasteiger partial charge in [0, 0.05) is 24.5 Å². The molecular formula is C18H23N3OS. The smallest absolute Gasteiger partial charge is 0.0893 e. The van der Waals surface area contributed by atoms with E-state index in [1.807, 2.05) is 12.1 Å². The number of nitrogens with one attached hydrogen (secondary N) is 3. The second-order valence-corrected chi connectivity index (χ2v) is 7.20. The molecule has 0 aromatic heterocycles. The van der Waals surface area contributed by atoms with Crippen molar-refractivity contribution >= 4 is 33.5 Å². The van der Waals surface area contributed by atoms with Crippen molar-refractivity contribution in [2.75, 3.05) is 29.0 Å². The molecule has 0 radical (unpaired) electrons. The van der Waals surface area contributed by atoms with E-state index in [2.05, 4.69) is 55.8 Å². The standard InChI is InChI=1S/C18H23N3OS/c1-5-19-13-9-17-15(7-11(13)3)21-16-8-12(4)14(20-6-2)10-18(16)23(17)22/h7-10,19-21H,5-6H2,1-4H3. The Balaban J connectivity index is 2.09. The summed E-state index contributed by atoms with van der Waals surface area (Å²) in [6, 6.07) is 8.16. The number of rotatable bonds is 4. The molecule has 1 aliphatic heterocycles. The first-order chi connectivity index (χ1) is 11.0. The Kier molecular flexibility index (Phi) is 4.31. The molecule has 0 amide bonds. The Hall–Kier alpha value is -2.01. The summed E-state index contributed by atoms with van der Waals surface area (Å²) in [4.78, 5) is 1.68. The molecule has 122 valence electrons. The molecule has 1 heterocycles. The van der Waals surface area contributed by atoms with Crippen LogP contribution in [0.1, 0.15) is 25.0 Å². The van der Waals surface area contributed by atoms with Crippen LogP contribution in [0.15, 0.2) is 34.1 Å². The predicted molar refractivity (Wildman–Crippen MR) is 98.6 cm³/mol. The van der Waals surface area contributed by atoms with E-state index in [9.17, 15) is 4.21 Å². The average Bonchev–Trinajstić information content (AvgIpc) is 2.51. The van der Waals surface area contributed by atoms with Gasteiger partial charge in [0.2, 0.25) is 0 Å². The van der Waals surface area contributed by atoms with Gasteiger partial charge in [0.1, 0.15) is 0 Å². The number of fused-ring (bicyclic) bond motifs is 2. The van der Waals surface area contributed by atoms with Gasteiger partial charge in [0.15, 0.2) is 0 Å². The summed E-state index contributed by atoms with van der Waals surface area (Å²) >= 11 is 0. The van der Waals surface area contributed by atoms with Gasteiger partial charge in [0.05, 0.1) is 32.0 Å². The Morgan fingerprint density at radius 1 is 0.870 bits per heavy atom. The van der Waals surface area contributed by atoms with Crippen LogP contribution in [0.25, 0.3) is 0 Å². The van der Waals surface area contributed by atoms with Crippen LogP contribution >= 0.6 is 0 Å². The summed E-state index contributed by atoms with van der Waals surface area (Å²) < 4.78 is 13.1. The summed E-state index contributed by atoms with van der Waals surface area (Å²) in [5, 5.41) is 10.1. The van der Waals surface area contributed by atoms with E-state index in [4.69, 9.17) is 0 Å². The normalized spacial score (nSPS) is 13.0. The van der Waals surface area contributed by atoms with E-state index in [0.717, 1.165) is 56.8 Å². The van der Waals surface area contributed by atoms with E-state index in [-0.39, 0.29) is 0 Å². The fourth-order valence-corrected chi connectivity index (χ4v) is 4.21. The van der Waals surface area contributed by atoms with Crippen LogP contribution in [0.4, 0.5) is 22.7 Å². The van der Waals surface area contributed by atoms with Crippen molar-refractivity contribution in [3.8, 4) is 0 Å². The van der Waals surface area contributed by atoms with E-state index in [0.29, 0.717) is 0 Å². The SMILES string of the molecule is CCNc1cc2c(cc1C)Nc1cc(C)c(NCC)cc1S2=O. The van der Waals surface area contributed by atoms with Crippen molar-refractivity contribution in [2.45, 2.75) is 37.5 Å². The Morgan fingerprint density at radius 3 is 1.70 bits per heavy atom. The maximum Gasteiger partial charge on any atom is 0.0893 e. The highest BCUT2D eigenvalue weighted by atomic mass is 32.2. The molecule has 2 aromatic rings. The molecule has 0 atom stereocenters. The molecule has 0 saturated carbocycles. The minimum Gasteiger partial charge on any atom is -0.385 e. The molecule has 0 spiro atoms. The van der Waals surface area contributed by atoms with Gasteiger partial charge in [-0.3, -0.25) is 0 Å². The van der Waals surface area contributed by atoms with Crippen molar-refractivity contribution in [3.05, 3.63) is 35.4 Å². The zero-order chi connectivity index (χ0) is 16.6. The molecule has 0 aliphatic carbocycles. The van der Waals surface area contributed by atoms with Gasteiger partial charge in [-0.05, 0) is 63.1 Å². The van der Waals surface area contributed by atoms with E-state index in [1.54, 1.807) is 0 Å². The molecule has 5 heteroatoms. The van der Waals surface area contributed by atoms with Gasteiger partial charge in [0.25, 0.3) is 0 Å². The summed E-state index contributed by atoms with van der Waals surface area (Å²) in [6.07, 6.45) is 0. The first kappa shape index (κ1) is 15.9. The lowest BCUT2D eigenvalue weighted by Crippen LogP contribution is -2.12. The van der Waals surface area contributed by atoms with Gasteiger partial charge in [-0.1, -0.05) is 0 Å². The lowest BCUT2D eigenvalue weighted by molar-refractivity contribution is 0.683. The van der Waals surface area contributed by atoms with Crippen LogP contribution in [-0.4, -0.2) is 17.3 Å². The molecule has 4 nitrogen and oxygen atoms in total. The Bertz CT molecular complexity index is 723. The second kappa shape index (κ2) is 6.24. The number of benzene rings is 2. The lowest BCUT2D eigenvalue weighted by atomic mass is 10.1. The number of hydrogen-bond donors (Lipinski definition) is 3. The van der Waals surface area contributed by atoms with Crippen molar-refractivity contribution < 1.29 is 4.21 Å². The number of anilines is 4. The highest BCUT2D eigenvalue weighted by Gasteiger charge is 2.24. The minimum absolute atomic E-state index is 0.838. The molecule has 0 unspecified atom stereocenters. The zero-order valence-corrected chi connectivity index (χ0v) is 14.9. The molecule has 2 aromatic carbocycles. The highest BCUT2D eigenvalue weighted by molar-refractivity contribution is 7.85. The molecule has 3 N–H and O–H groups in total. The summed E-state index contributed by atoms with van der Waals surface area (Å²) in [5.41, 5.74) is 6.27. The third kappa shape index (κ3) is 2.81. The summed E-state index contributed by atoms with van der Waals surface area (Å²) in [6.45, 7) is 9.96. The number of hydrogen-bond acceptors (Lipinski definition) is 4. The maximum atomic E-state index is 13.1. The molecule has 0 fully saturated rings. The first-order valence-corrected chi connectivity index (χ1v) is 9.16. The minimum atomic E-state index is -1.18. The van der Waals surface area contributed by atoms with Crippen LogP contribution in [-0.2, 0) is 10.8 Å².